The van der Waals surface area contributed by atoms with Crippen molar-refractivity contribution >= 4 is 5.97 Å². The molecule has 1 aromatic rings. The van der Waals surface area contributed by atoms with Gasteiger partial charge in [-0.2, -0.15) is 0 Å². The first-order chi connectivity index (χ1) is 6.99. The summed E-state index contributed by atoms with van der Waals surface area (Å²) >= 11 is 0. The molecule has 0 aliphatic rings. The molecule has 0 bridgehead atoms. The third-order valence-electron chi connectivity index (χ3n) is 2.18. The number of hydrogen-bond donors (Lipinski definition) is 2. The third-order valence-corrected chi connectivity index (χ3v) is 2.18. The van der Waals surface area contributed by atoms with Gasteiger partial charge in [-0.25, -0.2) is 0 Å². The molecular formula is C11H16N2O2. The third kappa shape index (κ3) is 3.67. The molecule has 4 nitrogen and oxygen atoms in total. The molecule has 1 atom stereocenters. The number of hydrogen-bond acceptors (Lipinski definition) is 3. The fourth-order valence-corrected chi connectivity index (χ4v) is 1.48. The molecule has 4 heteroatoms. The molecule has 0 saturated heterocycles. The standard InChI is InChI=1S/C11H16N2O2/c1-7-5-8(2)13-9(6-7)3-4-10(12)11(14)15/h5-6,10H,3-4,12H2,1-2H3,(H,14,15). The van der Waals surface area contributed by atoms with Gasteiger partial charge in [0.25, 0.3) is 0 Å². The van der Waals surface area contributed by atoms with Crippen molar-refractivity contribution in [3.05, 3.63) is 29.1 Å². The quantitative estimate of drug-likeness (QED) is 0.775. The maximum Gasteiger partial charge on any atom is 0.320 e. The van der Waals surface area contributed by atoms with E-state index in [2.05, 4.69) is 4.98 Å². The molecule has 0 aliphatic carbocycles. The Balaban J connectivity index is 2.61. The summed E-state index contributed by atoms with van der Waals surface area (Å²) < 4.78 is 0. The van der Waals surface area contributed by atoms with Crippen LogP contribution in [0.15, 0.2) is 12.1 Å². The van der Waals surface area contributed by atoms with Crippen molar-refractivity contribution in [3.63, 3.8) is 0 Å². The van der Waals surface area contributed by atoms with E-state index in [9.17, 15) is 4.79 Å². The number of aryl methyl sites for hydroxylation is 3. The van der Waals surface area contributed by atoms with Gasteiger partial charge in [-0.05, 0) is 44.4 Å². The largest absolute Gasteiger partial charge is 0.480 e. The molecular weight excluding hydrogens is 192 g/mol. The Morgan fingerprint density at radius 1 is 1.53 bits per heavy atom. The van der Waals surface area contributed by atoms with Crippen LogP contribution in [0.3, 0.4) is 0 Å². The Kier molecular flexibility index (Phi) is 3.80. The minimum atomic E-state index is -0.959. The second-order valence-electron chi connectivity index (χ2n) is 3.76. The highest BCUT2D eigenvalue weighted by molar-refractivity contribution is 5.73. The van der Waals surface area contributed by atoms with Crippen molar-refractivity contribution in [3.8, 4) is 0 Å². The molecule has 1 heterocycles. The van der Waals surface area contributed by atoms with Crippen molar-refractivity contribution in [2.75, 3.05) is 0 Å². The van der Waals surface area contributed by atoms with Gasteiger partial charge in [0.2, 0.25) is 0 Å². The van der Waals surface area contributed by atoms with Gasteiger partial charge < -0.3 is 10.8 Å². The Hall–Kier alpha value is -1.42. The molecule has 15 heavy (non-hydrogen) atoms. The van der Waals surface area contributed by atoms with E-state index >= 15 is 0 Å². The Bertz CT molecular complexity index is 343. The molecule has 0 aromatic carbocycles. The minimum absolute atomic E-state index is 0.422. The Morgan fingerprint density at radius 2 is 2.20 bits per heavy atom. The fourth-order valence-electron chi connectivity index (χ4n) is 1.48. The predicted octanol–water partition coefficient (Wildman–Crippen LogP) is 1.04. The lowest BCUT2D eigenvalue weighted by molar-refractivity contribution is -0.138. The number of nitrogens with zero attached hydrogens (tertiary/aromatic N) is 1. The van der Waals surface area contributed by atoms with Crippen molar-refractivity contribution in [1.82, 2.24) is 4.98 Å². The first-order valence-electron chi connectivity index (χ1n) is 4.91. The van der Waals surface area contributed by atoms with Crippen molar-refractivity contribution in [2.24, 2.45) is 5.73 Å². The van der Waals surface area contributed by atoms with Crippen LogP contribution in [0.4, 0.5) is 0 Å². The van der Waals surface area contributed by atoms with Crippen LogP contribution in [0.1, 0.15) is 23.4 Å². The van der Waals surface area contributed by atoms with E-state index in [0.29, 0.717) is 12.8 Å². The summed E-state index contributed by atoms with van der Waals surface area (Å²) in [6.45, 7) is 3.92. The smallest absolute Gasteiger partial charge is 0.320 e. The summed E-state index contributed by atoms with van der Waals surface area (Å²) in [5, 5.41) is 8.62. The van der Waals surface area contributed by atoms with Crippen LogP contribution in [0.5, 0.6) is 0 Å². The number of aliphatic carboxylic acids is 1. The molecule has 1 aromatic heterocycles. The lowest BCUT2D eigenvalue weighted by Crippen LogP contribution is -2.30. The van der Waals surface area contributed by atoms with Crippen LogP contribution in [0.25, 0.3) is 0 Å². The summed E-state index contributed by atoms with van der Waals surface area (Å²) in [6, 6.07) is 3.15. The predicted molar refractivity (Wildman–Crippen MR) is 57.6 cm³/mol. The summed E-state index contributed by atoms with van der Waals surface area (Å²) in [5.74, 6) is -0.959. The number of aromatic nitrogens is 1. The average molecular weight is 208 g/mol. The van der Waals surface area contributed by atoms with Crippen molar-refractivity contribution in [2.45, 2.75) is 32.7 Å². The van der Waals surface area contributed by atoms with Gasteiger partial charge >= 0.3 is 5.97 Å². The van der Waals surface area contributed by atoms with Crippen molar-refractivity contribution in [1.29, 1.82) is 0 Å². The minimum Gasteiger partial charge on any atom is -0.480 e. The van der Waals surface area contributed by atoms with Crippen LogP contribution in [0.2, 0.25) is 0 Å². The van der Waals surface area contributed by atoms with E-state index in [1.807, 2.05) is 26.0 Å². The molecule has 0 radical (unpaired) electrons. The SMILES string of the molecule is Cc1cc(C)nc(CCC(N)C(=O)O)c1. The van der Waals surface area contributed by atoms with Gasteiger partial charge in [0.05, 0.1) is 0 Å². The van der Waals surface area contributed by atoms with Gasteiger partial charge in [-0.1, -0.05) is 0 Å². The van der Waals surface area contributed by atoms with Gasteiger partial charge in [0, 0.05) is 11.4 Å². The molecule has 1 rings (SSSR count). The van der Waals surface area contributed by atoms with Crippen molar-refractivity contribution < 1.29 is 9.90 Å². The number of rotatable bonds is 4. The Morgan fingerprint density at radius 3 is 2.73 bits per heavy atom. The van der Waals surface area contributed by atoms with Crippen LogP contribution < -0.4 is 5.73 Å². The molecule has 1 unspecified atom stereocenters. The van der Waals surface area contributed by atoms with E-state index in [4.69, 9.17) is 10.8 Å². The molecule has 0 saturated carbocycles. The average Bonchev–Trinajstić information content (AvgIpc) is 2.12. The lowest BCUT2D eigenvalue weighted by Gasteiger charge is -2.07. The maximum absolute atomic E-state index is 10.5. The van der Waals surface area contributed by atoms with Gasteiger partial charge in [0.15, 0.2) is 0 Å². The first kappa shape index (κ1) is 11.7. The second-order valence-corrected chi connectivity index (χ2v) is 3.76. The Labute approximate surface area is 89.1 Å². The summed E-state index contributed by atoms with van der Waals surface area (Å²) in [4.78, 5) is 14.8. The van der Waals surface area contributed by atoms with E-state index in [1.165, 1.54) is 0 Å². The first-order valence-corrected chi connectivity index (χ1v) is 4.91. The molecule has 0 fully saturated rings. The van der Waals surface area contributed by atoms with E-state index in [-0.39, 0.29) is 0 Å². The number of carbonyl (C=O) groups is 1. The van der Waals surface area contributed by atoms with Crippen LogP contribution in [0, 0.1) is 13.8 Å². The highest BCUT2D eigenvalue weighted by atomic mass is 16.4. The topological polar surface area (TPSA) is 76.2 Å². The summed E-state index contributed by atoms with van der Waals surface area (Å²) in [6.07, 6.45) is 1.03. The van der Waals surface area contributed by atoms with E-state index in [1.54, 1.807) is 0 Å². The van der Waals surface area contributed by atoms with Gasteiger partial charge in [0.1, 0.15) is 6.04 Å². The zero-order valence-corrected chi connectivity index (χ0v) is 9.03. The normalized spacial score (nSPS) is 12.5. The van der Waals surface area contributed by atoms with Crippen LogP contribution in [-0.4, -0.2) is 22.1 Å². The fraction of sp³-hybridized carbons (Fsp3) is 0.455. The van der Waals surface area contributed by atoms with Crippen LogP contribution >= 0.6 is 0 Å². The highest BCUT2D eigenvalue weighted by Gasteiger charge is 2.11. The number of pyridine rings is 1. The molecule has 3 N–H and O–H groups in total. The highest BCUT2D eigenvalue weighted by Crippen LogP contribution is 2.07. The number of carboxylic acid groups (broad SMARTS) is 1. The lowest BCUT2D eigenvalue weighted by atomic mass is 10.1. The molecule has 0 aliphatic heterocycles. The van der Waals surface area contributed by atoms with E-state index in [0.717, 1.165) is 17.0 Å². The molecule has 0 spiro atoms. The molecule has 82 valence electrons. The number of nitrogens with two attached hydrogens (primary N) is 1. The summed E-state index contributed by atoms with van der Waals surface area (Å²) in [5.41, 5.74) is 8.41. The zero-order chi connectivity index (χ0) is 11.4. The number of carboxylic acids is 1. The van der Waals surface area contributed by atoms with Crippen LogP contribution in [-0.2, 0) is 11.2 Å². The zero-order valence-electron chi connectivity index (χ0n) is 9.03. The van der Waals surface area contributed by atoms with Gasteiger partial charge in [-0.3, -0.25) is 9.78 Å². The second kappa shape index (κ2) is 4.89. The summed E-state index contributed by atoms with van der Waals surface area (Å²) in [7, 11) is 0. The van der Waals surface area contributed by atoms with E-state index < -0.39 is 12.0 Å². The molecule has 0 amide bonds. The monoisotopic (exact) mass is 208 g/mol. The van der Waals surface area contributed by atoms with Gasteiger partial charge in [-0.15, -0.1) is 0 Å². The maximum atomic E-state index is 10.5.